The Morgan fingerprint density at radius 2 is 2.15 bits per heavy atom. The van der Waals surface area contributed by atoms with Crippen molar-refractivity contribution in [2.24, 2.45) is 17.8 Å². The van der Waals surface area contributed by atoms with Gasteiger partial charge in [0.15, 0.2) is 0 Å². The third-order valence-corrected chi connectivity index (χ3v) is 5.12. The van der Waals surface area contributed by atoms with Gasteiger partial charge in [-0.3, -0.25) is 4.79 Å². The molecule has 1 amide bonds. The van der Waals surface area contributed by atoms with E-state index in [0.29, 0.717) is 11.5 Å². The van der Waals surface area contributed by atoms with Crippen LogP contribution in [-0.4, -0.2) is 29.5 Å². The topological polar surface area (TPSA) is 40.5 Å². The summed E-state index contributed by atoms with van der Waals surface area (Å²) < 4.78 is 0. The molecule has 2 saturated carbocycles. The fourth-order valence-corrected chi connectivity index (χ4v) is 4.06. The molecule has 1 aromatic rings. The van der Waals surface area contributed by atoms with Crippen LogP contribution in [0.5, 0.6) is 5.75 Å². The average Bonchev–Trinajstić information content (AvgIpc) is 3.03. The summed E-state index contributed by atoms with van der Waals surface area (Å²) in [6.07, 6.45) is 5.37. The van der Waals surface area contributed by atoms with Crippen molar-refractivity contribution in [3.8, 4) is 5.75 Å². The smallest absolute Gasteiger partial charge is 0.257 e. The second kappa shape index (κ2) is 5.12. The van der Waals surface area contributed by atoms with Gasteiger partial charge in [-0.1, -0.05) is 18.1 Å². The molecule has 2 aliphatic rings. The second-order valence-corrected chi connectivity index (χ2v) is 6.64. The van der Waals surface area contributed by atoms with Gasteiger partial charge >= 0.3 is 0 Å². The van der Waals surface area contributed by atoms with Gasteiger partial charge in [0.05, 0.1) is 5.56 Å². The normalized spacial score (nSPS) is 27.8. The summed E-state index contributed by atoms with van der Waals surface area (Å²) in [6.45, 7) is 2.76. The largest absolute Gasteiger partial charge is 0.507 e. The van der Waals surface area contributed by atoms with Crippen LogP contribution in [0.15, 0.2) is 18.2 Å². The van der Waals surface area contributed by atoms with E-state index in [4.69, 9.17) is 0 Å². The van der Waals surface area contributed by atoms with Crippen LogP contribution in [0, 0.1) is 24.7 Å². The zero-order valence-corrected chi connectivity index (χ0v) is 12.3. The zero-order chi connectivity index (χ0) is 14.3. The Bertz CT molecular complexity index is 526. The minimum Gasteiger partial charge on any atom is -0.507 e. The van der Waals surface area contributed by atoms with Gasteiger partial charge in [0.25, 0.3) is 5.91 Å². The van der Waals surface area contributed by atoms with Crippen LogP contribution in [0.2, 0.25) is 0 Å². The van der Waals surface area contributed by atoms with Gasteiger partial charge in [-0.2, -0.15) is 0 Å². The highest BCUT2D eigenvalue weighted by atomic mass is 16.3. The first kappa shape index (κ1) is 13.5. The summed E-state index contributed by atoms with van der Waals surface area (Å²) in [4.78, 5) is 14.3. The van der Waals surface area contributed by atoms with E-state index in [1.54, 1.807) is 17.0 Å². The zero-order valence-electron chi connectivity index (χ0n) is 12.3. The SMILES string of the molecule is Cc1ccc(O)c(C(=O)N(C)CC2CC3CCC2C3)c1. The number of benzene rings is 1. The fourth-order valence-electron chi connectivity index (χ4n) is 4.06. The van der Waals surface area contributed by atoms with Gasteiger partial charge in [0.1, 0.15) is 5.75 Å². The van der Waals surface area contributed by atoms with Crippen molar-refractivity contribution in [3.05, 3.63) is 29.3 Å². The number of hydrogen-bond donors (Lipinski definition) is 1. The highest BCUT2D eigenvalue weighted by molar-refractivity contribution is 5.96. The number of phenols is 1. The van der Waals surface area contributed by atoms with Crippen molar-refractivity contribution in [2.75, 3.05) is 13.6 Å². The van der Waals surface area contributed by atoms with Crippen LogP contribution in [0.3, 0.4) is 0 Å². The van der Waals surface area contributed by atoms with E-state index < -0.39 is 0 Å². The first-order chi connectivity index (χ1) is 9.54. The van der Waals surface area contributed by atoms with Gasteiger partial charge < -0.3 is 10.0 Å². The number of aromatic hydroxyl groups is 1. The van der Waals surface area contributed by atoms with E-state index in [1.165, 1.54) is 25.7 Å². The fraction of sp³-hybridized carbons (Fsp3) is 0.588. The van der Waals surface area contributed by atoms with Crippen molar-refractivity contribution < 1.29 is 9.90 Å². The maximum atomic E-state index is 12.5. The van der Waals surface area contributed by atoms with Crippen LogP contribution in [-0.2, 0) is 0 Å². The van der Waals surface area contributed by atoms with Crippen LogP contribution in [0.25, 0.3) is 0 Å². The molecule has 20 heavy (non-hydrogen) atoms. The predicted molar refractivity (Wildman–Crippen MR) is 78.7 cm³/mol. The van der Waals surface area contributed by atoms with E-state index >= 15 is 0 Å². The van der Waals surface area contributed by atoms with Crippen molar-refractivity contribution in [3.63, 3.8) is 0 Å². The van der Waals surface area contributed by atoms with Gasteiger partial charge in [-0.05, 0) is 56.1 Å². The van der Waals surface area contributed by atoms with Crippen molar-refractivity contribution in [2.45, 2.75) is 32.6 Å². The van der Waals surface area contributed by atoms with E-state index in [9.17, 15) is 9.90 Å². The molecule has 0 aliphatic heterocycles. The Labute approximate surface area is 120 Å². The molecule has 0 heterocycles. The Kier molecular flexibility index (Phi) is 3.45. The Morgan fingerprint density at radius 3 is 2.80 bits per heavy atom. The van der Waals surface area contributed by atoms with Crippen molar-refractivity contribution in [1.82, 2.24) is 4.90 Å². The van der Waals surface area contributed by atoms with E-state index in [1.807, 2.05) is 20.0 Å². The maximum Gasteiger partial charge on any atom is 0.257 e. The molecule has 3 rings (SSSR count). The van der Waals surface area contributed by atoms with E-state index in [2.05, 4.69) is 0 Å². The monoisotopic (exact) mass is 273 g/mol. The van der Waals surface area contributed by atoms with Crippen molar-refractivity contribution in [1.29, 1.82) is 0 Å². The van der Waals surface area contributed by atoms with E-state index in [0.717, 1.165) is 23.9 Å². The van der Waals surface area contributed by atoms with Gasteiger partial charge in [-0.25, -0.2) is 0 Å². The first-order valence-electron chi connectivity index (χ1n) is 7.59. The first-order valence-corrected chi connectivity index (χ1v) is 7.59. The molecule has 108 valence electrons. The third kappa shape index (κ3) is 2.41. The summed E-state index contributed by atoms with van der Waals surface area (Å²) >= 11 is 0. The number of nitrogens with zero attached hydrogens (tertiary/aromatic N) is 1. The summed E-state index contributed by atoms with van der Waals surface area (Å²) in [5.74, 6) is 2.41. The Morgan fingerprint density at radius 1 is 1.35 bits per heavy atom. The lowest BCUT2D eigenvalue weighted by atomic mass is 9.88. The molecule has 3 unspecified atom stereocenters. The number of phenolic OH excluding ortho intramolecular Hbond substituents is 1. The standard InChI is InChI=1S/C17H23NO2/c1-11-3-6-16(19)15(7-11)17(20)18(2)10-14-9-12-4-5-13(14)8-12/h3,6-7,12-14,19H,4-5,8-10H2,1-2H3. The van der Waals surface area contributed by atoms with Crippen LogP contribution >= 0.6 is 0 Å². The number of hydrogen-bond acceptors (Lipinski definition) is 2. The number of carbonyl (C=O) groups excluding carboxylic acids is 1. The molecule has 3 heteroatoms. The lowest BCUT2D eigenvalue weighted by Gasteiger charge is -2.27. The molecular weight excluding hydrogens is 250 g/mol. The minimum absolute atomic E-state index is 0.0611. The van der Waals surface area contributed by atoms with Crippen LogP contribution in [0.4, 0.5) is 0 Å². The molecule has 2 fully saturated rings. The predicted octanol–water partition coefficient (Wildman–Crippen LogP) is 3.21. The van der Waals surface area contributed by atoms with Crippen molar-refractivity contribution >= 4 is 5.91 Å². The third-order valence-electron chi connectivity index (χ3n) is 5.12. The number of fused-ring (bicyclic) bond motifs is 2. The van der Waals surface area contributed by atoms with E-state index in [-0.39, 0.29) is 11.7 Å². The van der Waals surface area contributed by atoms with Gasteiger partial charge in [0.2, 0.25) is 0 Å². The van der Waals surface area contributed by atoms with Crippen LogP contribution in [0.1, 0.15) is 41.6 Å². The number of rotatable bonds is 3. The second-order valence-electron chi connectivity index (χ2n) is 6.64. The highest BCUT2D eigenvalue weighted by Crippen LogP contribution is 2.48. The average molecular weight is 273 g/mol. The molecular formula is C17H23NO2. The molecule has 1 aromatic carbocycles. The number of carbonyl (C=O) groups is 1. The molecule has 3 nitrogen and oxygen atoms in total. The lowest BCUT2D eigenvalue weighted by molar-refractivity contribution is 0.0751. The molecule has 0 aromatic heterocycles. The highest BCUT2D eigenvalue weighted by Gasteiger charge is 2.40. The summed E-state index contributed by atoms with van der Waals surface area (Å²) in [7, 11) is 1.86. The molecule has 3 atom stereocenters. The molecule has 0 spiro atoms. The minimum atomic E-state index is -0.0611. The Balaban J connectivity index is 1.69. The van der Waals surface area contributed by atoms with Gasteiger partial charge in [-0.15, -0.1) is 0 Å². The number of amides is 1. The lowest BCUT2D eigenvalue weighted by Crippen LogP contribution is -2.33. The summed E-state index contributed by atoms with van der Waals surface area (Å²) in [5.41, 5.74) is 1.43. The number of aryl methyl sites for hydroxylation is 1. The van der Waals surface area contributed by atoms with Gasteiger partial charge in [0, 0.05) is 13.6 Å². The quantitative estimate of drug-likeness (QED) is 0.918. The molecule has 2 aliphatic carbocycles. The molecule has 2 bridgehead atoms. The van der Waals surface area contributed by atoms with Crippen LogP contribution < -0.4 is 0 Å². The maximum absolute atomic E-state index is 12.5. The molecule has 0 radical (unpaired) electrons. The summed E-state index contributed by atoms with van der Waals surface area (Å²) in [6, 6.07) is 5.20. The summed E-state index contributed by atoms with van der Waals surface area (Å²) in [5, 5.41) is 9.87. The molecule has 0 saturated heterocycles. The Hall–Kier alpha value is -1.51. The molecule has 1 N–H and O–H groups in total.